The van der Waals surface area contributed by atoms with Crippen LogP contribution in [0.5, 0.6) is 0 Å². The highest BCUT2D eigenvalue weighted by molar-refractivity contribution is 9.10. The average molecular weight is 360 g/mol. The van der Waals surface area contributed by atoms with Crippen molar-refractivity contribution >= 4 is 38.9 Å². The van der Waals surface area contributed by atoms with E-state index in [2.05, 4.69) is 31.2 Å². The Hall–Kier alpha value is -2.41. The molecule has 5 nitrogen and oxygen atoms in total. The van der Waals surface area contributed by atoms with Crippen LogP contribution < -0.4 is 11.1 Å². The maximum atomic E-state index is 14.4. The zero-order valence-electron chi connectivity index (χ0n) is 11.3. The molecule has 1 atom stereocenters. The number of hydrogen-bond donors (Lipinski definition) is 2. The molecule has 110 valence electrons. The topological polar surface area (TPSA) is 68.2 Å². The van der Waals surface area contributed by atoms with Gasteiger partial charge in [0.25, 0.3) is 0 Å². The standard InChI is InChI=1S/C15H11BrFN5/c16-8-5-6-9(10(17)7-8)13-20-14(18)21-15-19-11-3-1-2-4-12(11)22(13)15/h1-7,13H,(H3,18,19,20,21)/t13-/m1/s1. The Kier molecular flexibility index (Phi) is 2.90. The van der Waals surface area contributed by atoms with E-state index in [0.717, 1.165) is 11.0 Å². The van der Waals surface area contributed by atoms with E-state index in [-0.39, 0.29) is 11.8 Å². The first kappa shape index (κ1) is 13.3. The Bertz CT molecular complexity index is 917. The van der Waals surface area contributed by atoms with Crippen molar-refractivity contribution in [2.24, 2.45) is 10.7 Å². The van der Waals surface area contributed by atoms with Crippen molar-refractivity contribution in [2.75, 3.05) is 5.32 Å². The molecule has 2 aromatic carbocycles. The van der Waals surface area contributed by atoms with Crippen LogP contribution in [0.2, 0.25) is 0 Å². The second-order valence-electron chi connectivity index (χ2n) is 4.97. The van der Waals surface area contributed by atoms with E-state index in [0.29, 0.717) is 16.0 Å². The molecule has 0 aliphatic carbocycles. The number of aromatic nitrogens is 2. The largest absolute Gasteiger partial charge is 0.370 e. The molecule has 4 rings (SSSR count). The summed E-state index contributed by atoms with van der Waals surface area (Å²) in [4.78, 5) is 8.84. The number of nitrogens with one attached hydrogen (secondary N) is 1. The number of halogens is 2. The summed E-state index contributed by atoms with van der Waals surface area (Å²) >= 11 is 3.26. The lowest BCUT2D eigenvalue weighted by Crippen LogP contribution is -2.31. The smallest absolute Gasteiger partial charge is 0.212 e. The van der Waals surface area contributed by atoms with Crippen molar-refractivity contribution in [2.45, 2.75) is 6.17 Å². The van der Waals surface area contributed by atoms with Gasteiger partial charge in [-0.3, -0.25) is 9.88 Å². The zero-order chi connectivity index (χ0) is 15.3. The highest BCUT2D eigenvalue weighted by Crippen LogP contribution is 2.33. The second-order valence-corrected chi connectivity index (χ2v) is 5.89. The van der Waals surface area contributed by atoms with Gasteiger partial charge in [-0.15, -0.1) is 0 Å². The van der Waals surface area contributed by atoms with Gasteiger partial charge in [0.05, 0.1) is 11.0 Å². The van der Waals surface area contributed by atoms with Crippen LogP contribution in [0.25, 0.3) is 11.0 Å². The molecular formula is C15H11BrFN5. The summed E-state index contributed by atoms with van der Waals surface area (Å²) in [5.41, 5.74) is 7.95. The molecule has 7 heteroatoms. The number of anilines is 1. The van der Waals surface area contributed by atoms with E-state index in [1.54, 1.807) is 12.1 Å². The molecule has 0 saturated heterocycles. The lowest BCUT2D eigenvalue weighted by Gasteiger charge is -2.24. The van der Waals surface area contributed by atoms with Gasteiger partial charge in [-0.2, -0.15) is 0 Å². The Morgan fingerprint density at radius 1 is 1.23 bits per heavy atom. The number of imidazole rings is 1. The fourth-order valence-electron chi connectivity index (χ4n) is 2.64. The molecule has 3 aromatic rings. The Balaban J connectivity index is 1.98. The van der Waals surface area contributed by atoms with Crippen LogP contribution in [0.1, 0.15) is 11.7 Å². The van der Waals surface area contributed by atoms with Crippen molar-refractivity contribution in [1.82, 2.24) is 9.55 Å². The molecule has 1 aliphatic rings. The molecule has 0 radical (unpaired) electrons. The van der Waals surface area contributed by atoms with Gasteiger partial charge in [0, 0.05) is 10.0 Å². The number of guanidine groups is 1. The molecule has 1 aliphatic heterocycles. The SMILES string of the molecule is NC1=N[C@@H](c2ccc(Br)cc2F)n2c(nc3ccccc32)N1. The lowest BCUT2D eigenvalue weighted by molar-refractivity contribution is 0.550. The van der Waals surface area contributed by atoms with Crippen LogP contribution in [0.4, 0.5) is 10.3 Å². The molecule has 22 heavy (non-hydrogen) atoms. The van der Waals surface area contributed by atoms with Gasteiger partial charge in [0.1, 0.15) is 5.82 Å². The normalized spacial score (nSPS) is 17.0. The molecule has 2 heterocycles. The molecular weight excluding hydrogens is 349 g/mol. The lowest BCUT2D eigenvalue weighted by atomic mass is 10.1. The first-order valence-corrected chi connectivity index (χ1v) is 7.45. The molecule has 0 saturated carbocycles. The van der Waals surface area contributed by atoms with E-state index < -0.39 is 6.17 Å². The fraction of sp³-hybridized carbons (Fsp3) is 0.0667. The fourth-order valence-corrected chi connectivity index (χ4v) is 2.97. The van der Waals surface area contributed by atoms with Crippen molar-refractivity contribution in [3.8, 4) is 0 Å². The molecule has 0 amide bonds. The van der Waals surface area contributed by atoms with Crippen molar-refractivity contribution in [3.05, 3.63) is 58.3 Å². The van der Waals surface area contributed by atoms with Crippen LogP contribution in [0.15, 0.2) is 51.9 Å². The monoisotopic (exact) mass is 359 g/mol. The van der Waals surface area contributed by atoms with Crippen LogP contribution in [-0.2, 0) is 0 Å². The summed E-state index contributed by atoms with van der Waals surface area (Å²) in [7, 11) is 0. The van der Waals surface area contributed by atoms with Gasteiger partial charge in [0.2, 0.25) is 5.95 Å². The number of fused-ring (bicyclic) bond motifs is 3. The summed E-state index contributed by atoms with van der Waals surface area (Å²) in [5, 5.41) is 2.93. The Morgan fingerprint density at radius 2 is 2.05 bits per heavy atom. The molecule has 1 aromatic heterocycles. The molecule has 0 unspecified atom stereocenters. The Morgan fingerprint density at radius 3 is 2.86 bits per heavy atom. The highest BCUT2D eigenvalue weighted by atomic mass is 79.9. The number of aliphatic imine (C=N–C) groups is 1. The van der Waals surface area contributed by atoms with Crippen LogP contribution in [-0.4, -0.2) is 15.5 Å². The van der Waals surface area contributed by atoms with Gasteiger partial charge in [-0.1, -0.05) is 34.1 Å². The van der Waals surface area contributed by atoms with Crippen LogP contribution >= 0.6 is 15.9 Å². The van der Waals surface area contributed by atoms with E-state index in [1.807, 2.05) is 28.8 Å². The summed E-state index contributed by atoms with van der Waals surface area (Å²) in [6.07, 6.45) is -0.586. The minimum Gasteiger partial charge on any atom is -0.370 e. The van der Waals surface area contributed by atoms with Crippen molar-refractivity contribution in [3.63, 3.8) is 0 Å². The molecule has 3 N–H and O–H groups in total. The predicted molar refractivity (Wildman–Crippen MR) is 87.2 cm³/mol. The third-order valence-electron chi connectivity index (χ3n) is 3.58. The van der Waals surface area contributed by atoms with E-state index >= 15 is 0 Å². The summed E-state index contributed by atoms with van der Waals surface area (Å²) in [5.74, 6) is 0.428. The number of rotatable bonds is 1. The van der Waals surface area contributed by atoms with E-state index in [9.17, 15) is 4.39 Å². The van der Waals surface area contributed by atoms with Gasteiger partial charge in [-0.25, -0.2) is 14.4 Å². The summed E-state index contributed by atoms with van der Waals surface area (Å²) < 4.78 is 16.9. The number of nitrogens with two attached hydrogens (primary N) is 1. The second kappa shape index (κ2) is 4.81. The third-order valence-corrected chi connectivity index (χ3v) is 4.08. The minimum atomic E-state index is -0.586. The van der Waals surface area contributed by atoms with Crippen molar-refractivity contribution < 1.29 is 4.39 Å². The van der Waals surface area contributed by atoms with E-state index in [4.69, 9.17) is 5.73 Å². The van der Waals surface area contributed by atoms with Gasteiger partial charge < -0.3 is 5.73 Å². The molecule has 0 fully saturated rings. The van der Waals surface area contributed by atoms with Gasteiger partial charge in [0.15, 0.2) is 12.1 Å². The Labute approximate surface area is 133 Å². The zero-order valence-corrected chi connectivity index (χ0v) is 12.9. The van der Waals surface area contributed by atoms with Gasteiger partial charge >= 0.3 is 0 Å². The first-order valence-electron chi connectivity index (χ1n) is 6.66. The maximum Gasteiger partial charge on any atom is 0.212 e. The molecule has 0 spiro atoms. The summed E-state index contributed by atoms with van der Waals surface area (Å²) in [6.45, 7) is 0. The first-order chi connectivity index (χ1) is 10.6. The summed E-state index contributed by atoms with van der Waals surface area (Å²) in [6, 6.07) is 12.5. The third kappa shape index (κ3) is 1.97. The maximum absolute atomic E-state index is 14.4. The van der Waals surface area contributed by atoms with E-state index in [1.165, 1.54) is 6.07 Å². The van der Waals surface area contributed by atoms with Gasteiger partial charge in [-0.05, 0) is 24.3 Å². The quantitative estimate of drug-likeness (QED) is 0.700. The van der Waals surface area contributed by atoms with Crippen LogP contribution in [0.3, 0.4) is 0 Å². The number of para-hydroxylation sites is 2. The van der Waals surface area contributed by atoms with Crippen molar-refractivity contribution in [1.29, 1.82) is 0 Å². The predicted octanol–water partition coefficient (Wildman–Crippen LogP) is 3.23. The minimum absolute atomic E-state index is 0.218. The molecule has 0 bridgehead atoms. The highest BCUT2D eigenvalue weighted by Gasteiger charge is 2.26. The van der Waals surface area contributed by atoms with Crippen LogP contribution in [0, 0.1) is 5.82 Å². The average Bonchev–Trinajstić information content (AvgIpc) is 2.84. The number of nitrogens with zero attached hydrogens (tertiary/aromatic N) is 3. The number of benzene rings is 2. The number of hydrogen-bond acceptors (Lipinski definition) is 4.